The summed E-state index contributed by atoms with van der Waals surface area (Å²) in [5, 5.41) is 9.57. The second kappa shape index (κ2) is 6.52. The number of nitrogens with zero attached hydrogens (tertiary/aromatic N) is 3. The number of pyridine rings is 1. The average molecular weight is 327 g/mol. The van der Waals surface area contributed by atoms with Crippen LogP contribution in [0.3, 0.4) is 0 Å². The van der Waals surface area contributed by atoms with Crippen molar-refractivity contribution in [3.63, 3.8) is 0 Å². The Labute approximate surface area is 132 Å². The molecule has 0 spiro atoms. The van der Waals surface area contributed by atoms with E-state index < -0.39 is 10.0 Å². The molecular weight excluding hydrogens is 302 g/mol. The molecule has 1 fully saturated rings. The van der Waals surface area contributed by atoms with Gasteiger partial charge in [-0.15, -0.1) is 0 Å². The third kappa shape index (κ3) is 3.42. The van der Waals surface area contributed by atoms with Crippen LogP contribution in [0.25, 0.3) is 0 Å². The summed E-state index contributed by atoms with van der Waals surface area (Å²) in [6.07, 6.45) is 1.80. The van der Waals surface area contributed by atoms with Crippen LogP contribution in [-0.2, 0) is 10.0 Å². The molecule has 1 N–H and O–H groups in total. The highest BCUT2D eigenvalue weighted by atomic mass is 32.2. The summed E-state index contributed by atoms with van der Waals surface area (Å²) in [6, 6.07) is 3.08. The van der Waals surface area contributed by atoms with Crippen LogP contribution in [-0.4, -0.2) is 54.1 Å². The number of aliphatic hydroxyl groups excluding tert-OH is 1. The average Bonchev–Trinajstić information content (AvgIpc) is 2.84. The molecule has 0 saturated carbocycles. The van der Waals surface area contributed by atoms with Crippen LogP contribution in [0, 0.1) is 0 Å². The van der Waals surface area contributed by atoms with Gasteiger partial charge in [0.2, 0.25) is 10.0 Å². The van der Waals surface area contributed by atoms with Crippen LogP contribution in [0.15, 0.2) is 23.2 Å². The lowest BCUT2D eigenvalue weighted by Crippen LogP contribution is -2.41. The Morgan fingerprint density at radius 2 is 1.91 bits per heavy atom. The van der Waals surface area contributed by atoms with Gasteiger partial charge in [-0.3, -0.25) is 0 Å². The molecule has 0 aliphatic carbocycles. The third-order valence-corrected chi connectivity index (χ3v) is 6.04. The highest BCUT2D eigenvalue weighted by Crippen LogP contribution is 2.23. The second-order valence-electron chi connectivity index (χ2n) is 6.26. The SMILES string of the molecule is CC(C)N(C(C)C)S(=O)(=O)c1ccc(N2CC[C@H](O)C2)nc1. The van der Waals surface area contributed by atoms with Gasteiger partial charge in [0, 0.05) is 31.4 Å². The first-order valence-electron chi connectivity index (χ1n) is 7.66. The smallest absolute Gasteiger partial charge is 0.245 e. The Kier molecular flexibility index (Phi) is 5.09. The molecule has 1 saturated heterocycles. The van der Waals surface area contributed by atoms with Crippen molar-refractivity contribution in [3.05, 3.63) is 18.3 Å². The fraction of sp³-hybridized carbons (Fsp3) is 0.667. The van der Waals surface area contributed by atoms with Gasteiger partial charge in [-0.2, -0.15) is 4.31 Å². The van der Waals surface area contributed by atoms with Crippen molar-refractivity contribution >= 4 is 15.8 Å². The van der Waals surface area contributed by atoms with E-state index in [2.05, 4.69) is 4.98 Å². The van der Waals surface area contributed by atoms with E-state index in [1.807, 2.05) is 32.6 Å². The zero-order valence-corrected chi connectivity index (χ0v) is 14.4. The molecule has 0 aromatic carbocycles. The van der Waals surface area contributed by atoms with Crippen LogP contribution < -0.4 is 4.90 Å². The molecule has 1 aliphatic heterocycles. The number of hydrogen-bond acceptors (Lipinski definition) is 5. The van der Waals surface area contributed by atoms with E-state index in [0.717, 1.165) is 13.0 Å². The topological polar surface area (TPSA) is 73.7 Å². The minimum Gasteiger partial charge on any atom is -0.391 e. The largest absolute Gasteiger partial charge is 0.391 e. The van der Waals surface area contributed by atoms with Crippen LogP contribution in [0.4, 0.5) is 5.82 Å². The van der Waals surface area contributed by atoms with Crippen molar-refractivity contribution in [2.45, 2.75) is 57.2 Å². The van der Waals surface area contributed by atoms with E-state index in [-0.39, 0.29) is 23.1 Å². The zero-order chi connectivity index (χ0) is 16.5. The molecule has 0 radical (unpaired) electrons. The van der Waals surface area contributed by atoms with Crippen molar-refractivity contribution in [1.29, 1.82) is 0 Å². The van der Waals surface area contributed by atoms with Crippen molar-refractivity contribution in [3.8, 4) is 0 Å². The molecule has 0 amide bonds. The first-order chi connectivity index (χ1) is 10.2. The Hall–Kier alpha value is -1.18. The van der Waals surface area contributed by atoms with E-state index >= 15 is 0 Å². The summed E-state index contributed by atoms with van der Waals surface area (Å²) < 4.78 is 27.0. The predicted molar refractivity (Wildman–Crippen MR) is 86.4 cm³/mol. The minimum atomic E-state index is -3.55. The lowest BCUT2D eigenvalue weighted by atomic mass is 10.3. The number of aromatic nitrogens is 1. The second-order valence-corrected chi connectivity index (χ2v) is 8.11. The lowest BCUT2D eigenvalue weighted by Gasteiger charge is -2.29. The molecule has 1 aliphatic rings. The Morgan fingerprint density at radius 1 is 1.27 bits per heavy atom. The van der Waals surface area contributed by atoms with Gasteiger partial charge >= 0.3 is 0 Å². The molecule has 0 bridgehead atoms. The number of rotatable bonds is 5. The molecule has 2 rings (SSSR count). The van der Waals surface area contributed by atoms with Gasteiger partial charge in [-0.1, -0.05) is 0 Å². The predicted octanol–water partition coefficient (Wildman–Crippen LogP) is 1.46. The first kappa shape index (κ1) is 17.2. The highest BCUT2D eigenvalue weighted by Gasteiger charge is 2.30. The van der Waals surface area contributed by atoms with Gasteiger partial charge in [0.15, 0.2) is 0 Å². The molecule has 7 heteroatoms. The number of anilines is 1. The van der Waals surface area contributed by atoms with E-state index in [4.69, 9.17) is 0 Å². The fourth-order valence-corrected chi connectivity index (χ4v) is 4.71. The van der Waals surface area contributed by atoms with E-state index in [9.17, 15) is 13.5 Å². The Bertz CT molecular complexity index is 591. The molecule has 1 aromatic heterocycles. The first-order valence-corrected chi connectivity index (χ1v) is 9.10. The van der Waals surface area contributed by atoms with Gasteiger partial charge in [0.1, 0.15) is 10.7 Å². The van der Waals surface area contributed by atoms with Crippen molar-refractivity contribution < 1.29 is 13.5 Å². The standard InChI is InChI=1S/C15H25N3O3S/c1-11(2)18(12(3)4)22(20,21)14-5-6-15(16-9-14)17-8-7-13(19)10-17/h5-6,9,11-13,19H,7-8,10H2,1-4H3/t13-/m0/s1. The maximum Gasteiger partial charge on any atom is 0.245 e. The maximum atomic E-state index is 12.7. The van der Waals surface area contributed by atoms with E-state index in [1.54, 1.807) is 12.1 Å². The van der Waals surface area contributed by atoms with Crippen LogP contribution >= 0.6 is 0 Å². The molecule has 0 unspecified atom stereocenters. The van der Waals surface area contributed by atoms with Crippen molar-refractivity contribution in [1.82, 2.24) is 9.29 Å². The number of β-amino-alcohol motifs (C(OH)–C–C–N with tert-alkyl or cyclic N) is 1. The summed E-state index contributed by atoms with van der Waals surface area (Å²) in [6.45, 7) is 8.75. The Morgan fingerprint density at radius 3 is 2.32 bits per heavy atom. The summed E-state index contributed by atoms with van der Waals surface area (Å²) in [4.78, 5) is 6.44. The van der Waals surface area contributed by atoms with Gasteiger partial charge in [-0.25, -0.2) is 13.4 Å². The van der Waals surface area contributed by atoms with Crippen LogP contribution in [0.1, 0.15) is 34.1 Å². The summed E-state index contributed by atoms with van der Waals surface area (Å²) in [5.41, 5.74) is 0. The third-order valence-electron chi connectivity index (χ3n) is 3.80. The van der Waals surface area contributed by atoms with E-state index in [1.165, 1.54) is 10.5 Å². The maximum absolute atomic E-state index is 12.7. The molecule has 1 atom stereocenters. The molecule has 22 heavy (non-hydrogen) atoms. The Balaban J connectivity index is 2.25. The van der Waals surface area contributed by atoms with Crippen LogP contribution in [0.5, 0.6) is 0 Å². The quantitative estimate of drug-likeness (QED) is 0.886. The monoisotopic (exact) mass is 327 g/mol. The zero-order valence-electron chi connectivity index (χ0n) is 13.6. The summed E-state index contributed by atoms with van der Waals surface area (Å²) in [5.74, 6) is 0.705. The molecular formula is C15H25N3O3S. The number of sulfonamides is 1. The molecule has 1 aromatic rings. The number of hydrogen-bond donors (Lipinski definition) is 1. The van der Waals surface area contributed by atoms with Gasteiger partial charge < -0.3 is 10.0 Å². The normalized spacial score (nSPS) is 19.6. The van der Waals surface area contributed by atoms with Gasteiger partial charge in [0.25, 0.3) is 0 Å². The molecule has 2 heterocycles. The molecule has 6 nitrogen and oxygen atoms in total. The van der Waals surface area contributed by atoms with Crippen LogP contribution in [0.2, 0.25) is 0 Å². The summed E-state index contributed by atoms with van der Waals surface area (Å²) >= 11 is 0. The van der Waals surface area contributed by atoms with Gasteiger partial charge in [0.05, 0.1) is 6.10 Å². The lowest BCUT2D eigenvalue weighted by molar-refractivity contribution is 0.198. The molecule has 124 valence electrons. The number of aliphatic hydroxyl groups is 1. The minimum absolute atomic E-state index is 0.113. The van der Waals surface area contributed by atoms with Crippen molar-refractivity contribution in [2.24, 2.45) is 0 Å². The van der Waals surface area contributed by atoms with E-state index in [0.29, 0.717) is 12.4 Å². The highest BCUT2D eigenvalue weighted by molar-refractivity contribution is 7.89. The van der Waals surface area contributed by atoms with Crippen molar-refractivity contribution in [2.75, 3.05) is 18.0 Å². The fourth-order valence-electron chi connectivity index (χ4n) is 2.94. The summed E-state index contributed by atoms with van der Waals surface area (Å²) in [7, 11) is -3.55. The van der Waals surface area contributed by atoms with Gasteiger partial charge in [-0.05, 0) is 46.2 Å².